The summed E-state index contributed by atoms with van der Waals surface area (Å²) in [6, 6.07) is 12.5. The first-order valence-electron chi connectivity index (χ1n) is 8.45. The lowest BCUT2D eigenvalue weighted by Gasteiger charge is -2.10. The molecule has 5 nitrogen and oxygen atoms in total. The zero-order chi connectivity index (χ0) is 20.3. The highest BCUT2D eigenvalue weighted by Gasteiger charge is 2.14. The largest absolute Gasteiger partial charge is 0.398 e. The molecular formula is C21H18Cl2N4O. The molecular weight excluding hydrogens is 395 g/mol. The Morgan fingerprint density at radius 2 is 1.96 bits per heavy atom. The van der Waals surface area contributed by atoms with Gasteiger partial charge in [0.2, 0.25) is 0 Å². The van der Waals surface area contributed by atoms with Crippen LogP contribution in [0.2, 0.25) is 10.0 Å². The van der Waals surface area contributed by atoms with Crippen LogP contribution in [0.3, 0.4) is 0 Å². The summed E-state index contributed by atoms with van der Waals surface area (Å²) in [5, 5.41) is 4.56. The van der Waals surface area contributed by atoms with E-state index in [0.717, 1.165) is 16.5 Å². The van der Waals surface area contributed by atoms with Gasteiger partial charge in [0, 0.05) is 41.0 Å². The van der Waals surface area contributed by atoms with Crippen LogP contribution in [0.4, 0.5) is 0 Å². The highest BCUT2D eigenvalue weighted by Crippen LogP contribution is 2.23. The molecule has 1 heterocycles. The molecule has 3 rings (SSSR count). The van der Waals surface area contributed by atoms with Crippen molar-refractivity contribution in [1.29, 1.82) is 0 Å². The molecule has 0 bridgehead atoms. The minimum atomic E-state index is -0.393. The van der Waals surface area contributed by atoms with Crippen molar-refractivity contribution in [2.45, 2.75) is 6.92 Å². The van der Waals surface area contributed by atoms with Crippen molar-refractivity contribution in [3.05, 3.63) is 81.5 Å². The van der Waals surface area contributed by atoms with Crippen molar-refractivity contribution < 1.29 is 4.79 Å². The van der Waals surface area contributed by atoms with Crippen molar-refractivity contribution in [3.63, 3.8) is 0 Å². The van der Waals surface area contributed by atoms with Gasteiger partial charge in [0.15, 0.2) is 0 Å². The number of nitrogens with two attached hydrogens (primary N) is 1. The fraction of sp³-hybridized carbons (Fsp3) is 0.0952. The Bertz CT molecular complexity index is 1120. The average molecular weight is 413 g/mol. The predicted molar refractivity (Wildman–Crippen MR) is 116 cm³/mol. The molecule has 3 N–H and O–H groups in total. The third-order valence-electron chi connectivity index (χ3n) is 4.21. The summed E-state index contributed by atoms with van der Waals surface area (Å²) in [5.41, 5.74) is 9.37. The van der Waals surface area contributed by atoms with Gasteiger partial charge in [-0.2, -0.15) is 0 Å². The summed E-state index contributed by atoms with van der Waals surface area (Å²) in [5.74, 6) is -0.0796. The van der Waals surface area contributed by atoms with E-state index in [2.05, 4.69) is 15.3 Å². The lowest BCUT2D eigenvalue weighted by atomic mass is 10.1. The number of halogens is 2. The monoisotopic (exact) mass is 412 g/mol. The summed E-state index contributed by atoms with van der Waals surface area (Å²) in [6.45, 7) is 1.91. The van der Waals surface area contributed by atoms with E-state index < -0.39 is 5.91 Å². The minimum absolute atomic E-state index is 0.309. The van der Waals surface area contributed by atoms with Gasteiger partial charge in [-0.15, -0.1) is 0 Å². The van der Waals surface area contributed by atoms with E-state index in [9.17, 15) is 4.79 Å². The van der Waals surface area contributed by atoms with Gasteiger partial charge >= 0.3 is 0 Å². The number of carbonyl (C=O) groups is 1. The van der Waals surface area contributed by atoms with Crippen LogP contribution < -0.4 is 11.1 Å². The third-order valence-corrected chi connectivity index (χ3v) is 4.76. The molecule has 0 radical (unpaired) electrons. The van der Waals surface area contributed by atoms with E-state index >= 15 is 0 Å². The molecule has 0 aliphatic carbocycles. The molecule has 0 aliphatic rings. The van der Waals surface area contributed by atoms with E-state index in [1.807, 2.05) is 31.2 Å². The molecule has 0 saturated carbocycles. The second-order valence-corrected chi connectivity index (χ2v) is 6.99. The van der Waals surface area contributed by atoms with Gasteiger partial charge < -0.3 is 11.1 Å². The number of aliphatic imine (C=N–C) groups is 1. The number of rotatable bonds is 3. The minimum Gasteiger partial charge on any atom is -0.398 e. The number of carbonyl (C=O) groups excluding carboxylic acids is 1. The Morgan fingerprint density at radius 1 is 1.18 bits per heavy atom. The van der Waals surface area contributed by atoms with Crippen LogP contribution in [0.1, 0.15) is 21.5 Å². The fourth-order valence-electron chi connectivity index (χ4n) is 2.78. The van der Waals surface area contributed by atoms with Crippen molar-refractivity contribution >= 4 is 51.5 Å². The molecule has 28 heavy (non-hydrogen) atoms. The van der Waals surface area contributed by atoms with Gasteiger partial charge in [0.05, 0.1) is 16.1 Å². The fourth-order valence-corrected chi connectivity index (χ4v) is 3.27. The Balaban J connectivity index is 1.87. The first-order valence-corrected chi connectivity index (χ1v) is 9.20. The standard InChI is InChI=1S/C21H18Cl2N4O/c1-12-8-14(22)5-6-15(12)18(24)11-20(25-2)27-21(28)16-10-19-13(9-17(16)23)4-3-7-26-19/h3-11H,24H2,1-2H3,(H,25,27,28). The zero-order valence-electron chi connectivity index (χ0n) is 15.3. The normalized spacial score (nSPS) is 12.3. The van der Waals surface area contributed by atoms with Crippen molar-refractivity contribution in [2.24, 2.45) is 10.7 Å². The summed E-state index contributed by atoms with van der Waals surface area (Å²) in [7, 11) is 1.57. The molecule has 0 saturated heterocycles. The Morgan fingerprint density at radius 3 is 2.68 bits per heavy atom. The van der Waals surface area contributed by atoms with E-state index in [1.54, 1.807) is 37.5 Å². The first-order chi connectivity index (χ1) is 13.4. The summed E-state index contributed by atoms with van der Waals surface area (Å²) >= 11 is 12.3. The van der Waals surface area contributed by atoms with Crippen LogP contribution in [0.25, 0.3) is 16.6 Å². The second kappa shape index (κ2) is 8.42. The quantitative estimate of drug-likeness (QED) is 0.486. The number of benzene rings is 2. The number of nitrogens with one attached hydrogen (secondary N) is 1. The van der Waals surface area contributed by atoms with E-state index in [-0.39, 0.29) is 0 Å². The molecule has 2 aromatic carbocycles. The molecule has 0 spiro atoms. The lowest BCUT2D eigenvalue weighted by Crippen LogP contribution is -2.30. The van der Waals surface area contributed by atoms with E-state index in [0.29, 0.717) is 32.7 Å². The number of amides is 1. The number of hydrogen-bond donors (Lipinski definition) is 2. The van der Waals surface area contributed by atoms with Crippen LogP contribution in [0.5, 0.6) is 0 Å². The number of hydrogen-bond acceptors (Lipinski definition) is 4. The number of aryl methyl sites for hydroxylation is 1. The summed E-state index contributed by atoms with van der Waals surface area (Å²) in [6.07, 6.45) is 3.26. The maximum absolute atomic E-state index is 12.7. The Hall–Kier alpha value is -2.89. The van der Waals surface area contributed by atoms with Crippen LogP contribution in [0, 0.1) is 6.92 Å². The highest BCUT2D eigenvalue weighted by atomic mass is 35.5. The molecule has 0 atom stereocenters. The molecule has 0 unspecified atom stereocenters. The molecule has 0 aliphatic heterocycles. The smallest absolute Gasteiger partial charge is 0.258 e. The number of aromatic nitrogens is 1. The van der Waals surface area contributed by atoms with Crippen LogP contribution in [-0.4, -0.2) is 23.8 Å². The van der Waals surface area contributed by atoms with E-state index in [4.69, 9.17) is 28.9 Å². The number of pyridine rings is 1. The van der Waals surface area contributed by atoms with Gasteiger partial charge in [0.1, 0.15) is 5.84 Å². The number of nitrogens with zero attached hydrogens (tertiary/aromatic N) is 2. The maximum Gasteiger partial charge on any atom is 0.258 e. The average Bonchev–Trinajstić information content (AvgIpc) is 2.66. The second-order valence-electron chi connectivity index (χ2n) is 6.15. The SMILES string of the molecule is CN=C(C=C(N)c1ccc(Cl)cc1C)NC(=O)c1cc2ncccc2cc1Cl. The molecule has 1 amide bonds. The van der Waals surface area contributed by atoms with E-state index in [1.165, 1.54) is 0 Å². The third kappa shape index (κ3) is 4.32. The molecule has 3 aromatic rings. The predicted octanol–water partition coefficient (Wildman–Crippen LogP) is 4.61. The summed E-state index contributed by atoms with van der Waals surface area (Å²) < 4.78 is 0. The van der Waals surface area contributed by atoms with Gasteiger partial charge in [0.25, 0.3) is 5.91 Å². The van der Waals surface area contributed by atoms with Crippen LogP contribution in [0.15, 0.2) is 59.7 Å². The number of amidine groups is 1. The highest BCUT2D eigenvalue weighted by molar-refractivity contribution is 6.35. The van der Waals surface area contributed by atoms with Gasteiger partial charge in [-0.3, -0.25) is 14.8 Å². The summed E-state index contributed by atoms with van der Waals surface area (Å²) in [4.78, 5) is 21.1. The van der Waals surface area contributed by atoms with Crippen LogP contribution in [-0.2, 0) is 0 Å². The Kier molecular flexibility index (Phi) is 5.97. The topological polar surface area (TPSA) is 80.4 Å². The van der Waals surface area contributed by atoms with Crippen molar-refractivity contribution in [1.82, 2.24) is 10.3 Å². The Labute approximate surface area is 172 Å². The van der Waals surface area contributed by atoms with Crippen molar-refractivity contribution in [2.75, 3.05) is 7.05 Å². The van der Waals surface area contributed by atoms with Crippen LogP contribution >= 0.6 is 23.2 Å². The zero-order valence-corrected chi connectivity index (χ0v) is 16.8. The molecule has 142 valence electrons. The maximum atomic E-state index is 12.7. The molecule has 1 aromatic heterocycles. The van der Waals surface area contributed by atoms with Gasteiger partial charge in [-0.1, -0.05) is 35.3 Å². The molecule has 0 fully saturated rings. The molecule has 7 heteroatoms. The number of fused-ring (bicyclic) bond motifs is 1. The lowest BCUT2D eigenvalue weighted by molar-refractivity contribution is 0.0977. The van der Waals surface area contributed by atoms with Crippen molar-refractivity contribution in [3.8, 4) is 0 Å². The van der Waals surface area contributed by atoms with Gasteiger partial charge in [-0.05, 0) is 42.8 Å². The first kappa shape index (κ1) is 19.9. The van der Waals surface area contributed by atoms with Gasteiger partial charge in [-0.25, -0.2) is 0 Å².